The van der Waals surface area contributed by atoms with Crippen molar-refractivity contribution in [3.8, 4) is 0 Å². The second-order valence-electron chi connectivity index (χ2n) is 4.88. The van der Waals surface area contributed by atoms with Crippen LogP contribution in [-0.4, -0.2) is 35.3 Å². The van der Waals surface area contributed by atoms with E-state index in [1.165, 1.54) is 11.8 Å². The van der Waals surface area contributed by atoms with Gasteiger partial charge in [-0.25, -0.2) is 4.98 Å². The molecule has 0 bridgehead atoms. The number of benzene rings is 1. The Morgan fingerprint density at radius 3 is 2.67 bits per heavy atom. The molecule has 1 amide bonds. The van der Waals surface area contributed by atoms with Crippen LogP contribution >= 0.6 is 11.8 Å². The lowest BCUT2D eigenvalue weighted by Gasteiger charge is -2.12. The number of amides is 1. The largest absolute Gasteiger partial charge is 0.350 e. The maximum atomic E-state index is 11.9. The van der Waals surface area contributed by atoms with Crippen LogP contribution in [0.1, 0.15) is 5.69 Å². The van der Waals surface area contributed by atoms with Gasteiger partial charge in [-0.05, 0) is 12.1 Å². The van der Waals surface area contributed by atoms with Crippen LogP contribution in [-0.2, 0) is 18.4 Å². The van der Waals surface area contributed by atoms with Gasteiger partial charge in [0.2, 0.25) is 11.9 Å². The Morgan fingerprint density at radius 2 is 2.05 bits per heavy atom. The number of rotatable bonds is 6. The highest BCUT2D eigenvalue weighted by molar-refractivity contribution is 8.00. The minimum Gasteiger partial charge on any atom is -0.350 e. The first-order chi connectivity index (χ1) is 10.1. The third kappa shape index (κ3) is 4.26. The molecule has 0 atom stereocenters. The van der Waals surface area contributed by atoms with Crippen LogP contribution in [0.25, 0.3) is 0 Å². The molecule has 0 saturated carbocycles. The zero-order valence-electron chi connectivity index (χ0n) is 12.5. The van der Waals surface area contributed by atoms with Crippen LogP contribution in [0.2, 0.25) is 0 Å². The van der Waals surface area contributed by atoms with Gasteiger partial charge in [0.1, 0.15) is 0 Å². The third-order valence-electron chi connectivity index (χ3n) is 3.04. The fourth-order valence-electron chi connectivity index (χ4n) is 1.92. The highest BCUT2D eigenvalue weighted by Gasteiger charge is 2.09. The number of anilines is 1. The van der Waals surface area contributed by atoms with E-state index in [-0.39, 0.29) is 5.91 Å². The summed E-state index contributed by atoms with van der Waals surface area (Å²) in [7, 11) is 5.84. The molecule has 1 N–H and O–H groups in total. The number of aromatic nitrogens is 2. The number of nitrogens with zero attached hydrogens (tertiary/aromatic N) is 3. The van der Waals surface area contributed by atoms with Gasteiger partial charge in [-0.15, -0.1) is 11.8 Å². The average Bonchev–Trinajstić information content (AvgIpc) is 2.85. The summed E-state index contributed by atoms with van der Waals surface area (Å²) in [4.78, 5) is 19.2. The molecule has 5 nitrogen and oxygen atoms in total. The standard InChI is InChI=1S/C15H20N4OS/c1-18(2)15-17-10-12(19(15)3)9-16-14(20)11-21-13-7-5-4-6-8-13/h4-8,10H,9,11H2,1-3H3,(H,16,20). The highest BCUT2D eigenvalue weighted by Crippen LogP contribution is 2.16. The molecular weight excluding hydrogens is 284 g/mol. The Balaban J connectivity index is 1.81. The predicted octanol–water partition coefficient (Wildman–Crippen LogP) is 1.89. The van der Waals surface area contributed by atoms with E-state index in [9.17, 15) is 4.79 Å². The molecule has 21 heavy (non-hydrogen) atoms. The first kappa shape index (κ1) is 15.4. The van der Waals surface area contributed by atoms with E-state index < -0.39 is 0 Å². The van der Waals surface area contributed by atoms with Crippen molar-refractivity contribution in [2.45, 2.75) is 11.4 Å². The van der Waals surface area contributed by atoms with Gasteiger partial charge in [0, 0.05) is 26.0 Å². The quantitative estimate of drug-likeness (QED) is 0.828. The van der Waals surface area contributed by atoms with Gasteiger partial charge >= 0.3 is 0 Å². The van der Waals surface area contributed by atoms with Gasteiger partial charge in [-0.2, -0.15) is 0 Å². The molecule has 0 spiro atoms. The normalized spacial score (nSPS) is 10.4. The van der Waals surface area contributed by atoms with Crippen LogP contribution in [0.5, 0.6) is 0 Å². The summed E-state index contributed by atoms with van der Waals surface area (Å²) in [6, 6.07) is 9.91. The summed E-state index contributed by atoms with van der Waals surface area (Å²) in [6.45, 7) is 0.492. The molecule has 2 aromatic rings. The van der Waals surface area contributed by atoms with Crippen LogP contribution < -0.4 is 10.2 Å². The van der Waals surface area contributed by atoms with Crippen molar-refractivity contribution in [3.05, 3.63) is 42.2 Å². The lowest BCUT2D eigenvalue weighted by Crippen LogP contribution is -2.26. The second-order valence-corrected chi connectivity index (χ2v) is 5.93. The molecule has 0 unspecified atom stereocenters. The highest BCUT2D eigenvalue weighted by atomic mass is 32.2. The van der Waals surface area contributed by atoms with Crippen molar-refractivity contribution in [1.82, 2.24) is 14.9 Å². The average molecular weight is 304 g/mol. The molecule has 0 saturated heterocycles. The third-order valence-corrected chi connectivity index (χ3v) is 4.05. The Labute approximate surface area is 129 Å². The number of thioether (sulfide) groups is 1. The summed E-state index contributed by atoms with van der Waals surface area (Å²) in [5, 5.41) is 2.92. The minimum atomic E-state index is 0.0245. The van der Waals surface area contributed by atoms with Crippen LogP contribution in [0, 0.1) is 0 Å². The summed E-state index contributed by atoms with van der Waals surface area (Å²) < 4.78 is 1.98. The smallest absolute Gasteiger partial charge is 0.230 e. The summed E-state index contributed by atoms with van der Waals surface area (Å²) in [5.41, 5.74) is 0.983. The molecule has 112 valence electrons. The van der Waals surface area contributed by atoms with Gasteiger partial charge < -0.3 is 14.8 Å². The maximum absolute atomic E-state index is 11.9. The Bertz CT molecular complexity index is 595. The van der Waals surface area contributed by atoms with Gasteiger partial charge in [0.15, 0.2) is 0 Å². The van der Waals surface area contributed by atoms with Gasteiger partial charge in [0.25, 0.3) is 0 Å². The first-order valence-electron chi connectivity index (χ1n) is 6.70. The molecule has 0 fully saturated rings. The van der Waals surface area contributed by atoms with Crippen molar-refractivity contribution in [3.63, 3.8) is 0 Å². The fraction of sp³-hybridized carbons (Fsp3) is 0.333. The lowest BCUT2D eigenvalue weighted by molar-refractivity contribution is -0.118. The molecule has 6 heteroatoms. The van der Waals surface area contributed by atoms with E-state index >= 15 is 0 Å². The van der Waals surface area contributed by atoms with E-state index in [1.54, 1.807) is 6.20 Å². The summed E-state index contributed by atoms with van der Waals surface area (Å²) >= 11 is 1.54. The number of hydrogen-bond donors (Lipinski definition) is 1. The van der Waals surface area contributed by atoms with Crippen LogP contribution in [0.3, 0.4) is 0 Å². The number of imidazole rings is 1. The second kappa shape index (κ2) is 7.17. The minimum absolute atomic E-state index is 0.0245. The molecule has 2 rings (SSSR count). The van der Waals surface area contributed by atoms with E-state index in [1.807, 2.05) is 60.9 Å². The van der Waals surface area contributed by atoms with Crippen molar-refractivity contribution < 1.29 is 4.79 Å². The predicted molar refractivity (Wildman–Crippen MR) is 86.5 cm³/mol. The van der Waals surface area contributed by atoms with Gasteiger partial charge in [-0.1, -0.05) is 18.2 Å². The Kier molecular flexibility index (Phi) is 5.27. The monoisotopic (exact) mass is 304 g/mol. The molecule has 0 aliphatic rings. The van der Waals surface area contributed by atoms with Crippen molar-refractivity contribution in [2.24, 2.45) is 7.05 Å². The van der Waals surface area contributed by atoms with E-state index in [0.717, 1.165) is 16.5 Å². The maximum Gasteiger partial charge on any atom is 0.230 e. The Hall–Kier alpha value is -1.95. The Morgan fingerprint density at radius 1 is 1.33 bits per heavy atom. The van der Waals surface area contributed by atoms with Crippen molar-refractivity contribution >= 4 is 23.6 Å². The van der Waals surface area contributed by atoms with E-state index in [2.05, 4.69) is 10.3 Å². The van der Waals surface area contributed by atoms with Gasteiger partial charge in [0.05, 0.1) is 24.2 Å². The lowest BCUT2D eigenvalue weighted by atomic mass is 10.4. The summed E-state index contributed by atoms with van der Waals surface area (Å²) in [5.74, 6) is 1.32. The summed E-state index contributed by atoms with van der Waals surface area (Å²) in [6.07, 6.45) is 1.79. The molecule has 1 aromatic heterocycles. The molecule has 1 aromatic carbocycles. The van der Waals surface area contributed by atoms with Crippen molar-refractivity contribution in [2.75, 3.05) is 24.7 Å². The van der Waals surface area contributed by atoms with E-state index in [0.29, 0.717) is 12.3 Å². The zero-order chi connectivity index (χ0) is 15.2. The molecule has 0 aliphatic heterocycles. The molecule has 1 heterocycles. The fourth-order valence-corrected chi connectivity index (χ4v) is 2.67. The van der Waals surface area contributed by atoms with Crippen molar-refractivity contribution in [1.29, 1.82) is 0 Å². The SMILES string of the molecule is CN(C)c1ncc(CNC(=O)CSc2ccccc2)n1C. The molecular formula is C15H20N4OS. The van der Waals surface area contributed by atoms with E-state index in [4.69, 9.17) is 0 Å². The number of hydrogen-bond acceptors (Lipinski definition) is 4. The number of carbonyl (C=O) groups excluding carboxylic acids is 1. The zero-order valence-corrected chi connectivity index (χ0v) is 13.4. The number of nitrogens with one attached hydrogen (secondary N) is 1. The topological polar surface area (TPSA) is 50.2 Å². The van der Waals surface area contributed by atoms with Crippen LogP contribution in [0.15, 0.2) is 41.4 Å². The first-order valence-corrected chi connectivity index (χ1v) is 7.69. The number of carbonyl (C=O) groups is 1. The molecule has 0 radical (unpaired) electrons. The molecule has 0 aliphatic carbocycles. The van der Waals surface area contributed by atoms with Crippen LogP contribution in [0.4, 0.5) is 5.95 Å². The van der Waals surface area contributed by atoms with Gasteiger partial charge in [-0.3, -0.25) is 4.79 Å².